The highest BCUT2D eigenvalue weighted by atomic mass is 35.5. The van der Waals surface area contributed by atoms with Gasteiger partial charge < -0.3 is 5.11 Å². The molecule has 0 bridgehead atoms. The fourth-order valence-corrected chi connectivity index (χ4v) is 1.88. The number of hydrogen-bond donors (Lipinski definition) is 1. The molecule has 0 spiro atoms. The maximum Gasteiger partial charge on any atom is 0.147 e. The van der Waals surface area contributed by atoms with Crippen molar-refractivity contribution in [2.75, 3.05) is 6.26 Å². The van der Waals surface area contributed by atoms with Crippen LogP contribution in [0.5, 0.6) is 0 Å². The third-order valence-electron chi connectivity index (χ3n) is 1.90. The van der Waals surface area contributed by atoms with E-state index in [1.165, 1.54) is 25.6 Å². The smallest absolute Gasteiger partial charge is 0.147 e. The van der Waals surface area contributed by atoms with Gasteiger partial charge in [0.15, 0.2) is 0 Å². The summed E-state index contributed by atoms with van der Waals surface area (Å²) in [4.78, 5) is 0.841. The summed E-state index contributed by atoms with van der Waals surface area (Å²) in [5.41, 5.74) is -0.978. The maximum absolute atomic E-state index is 13.5. The van der Waals surface area contributed by atoms with Gasteiger partial charge in [0.1, 0.15) is 5.82 Å². The highest BCUT2D eigenvalue weighted by molar-refractivity contribution is 7.98. The number of aliphatic hydroxyl groups is 1. The van der Waals surface area contributed by atoms with E-state index in [9.17, 15) is 9.50 Å². The first kappa shape index (κ1) is 11.8. The minimum Gasteiger partial charge on any atom is -0.386 e. The quantitative estimate of drug-likeness (QED) is 0.792. The molecule has 1 rings (SSSR count). The van der Waals surface area contributed by atoms with Gasteiger partial charge in [0.25, 0.3) is 0 Å². The SMILES string of the molecule is CSc1cc(Cl)c(F)c(C(C)(C)O)c1. The predicted molar refractivity (Wildman–Crippen MR) is 58.4 cm³/mol. The Morgan fingerprint density at radius 3 is 2.43 bits per heavy atom. The van der Waals surface area contributed by atoms with Crippen molar-refractivity contribution in [3.8, 4) is 0 Å². The van der Waals surface area contributed by atoms with Crippen molar-refractivity contribution in [2.24, 2.45) is 0 Å². The molecule has 0 aliphatic carbocycles. The Morgan fingerprint density at radius 1 is 1.43 bits per heavy atom. The number of hydrogen-bond acceptors (Lipinski definition) is 2. The van der Waals surface area contributed by atoms with Crippen molar-refractivity contribution in [2.45, 2.75) is 24.3 Å². The summed E-state index contributed by atoms with van der Waals surface area (Å²) in [6.45, 7) is 3.07. The van der Waals surface area contributed by atoms with E-state index in [0.717, 1.165) is 4.90 Å². The van der Waals surface area contributed by atoms with Gasteiger partial charge >= 0.3 is 0 Å². The average molecular weight is 235 g/mol. The van der Waals surface area contributed by atoms with Gasteiger partial charge in [-0.1, -0.05) is 11.6 Å². The summed E-state index contributed by atoms with van der Waals surface area (Å²) in [5, 5.41) is 9.76. The highest BCUT2D eigenvalue weighted by Crippen LogP contribution is 2.31. The normalized spacial score (nSPS) is 11.9. The molecule has 78 valence electrons. The molecule has 0 heterocycles. The van der Waals surface area contributed by atoms with Gasteiger partial charge in [0.2, 0.25) is 0 Å². The molecular weight excluding hydrogens is 223 g/mol. The summed E-state index contributed by atoms with van der Waals surface area (Å²) in [6.07, 6.45) is 1.87. The molecule has 0 saturated carbocycles. The van der Waals surface area contributed by atoms with E-state index < -0.39 is 11.4 Å². The van der Waals surface area contributed by atoms with Gasteiger partial charge in [-0.05, 0) is 32.2 Å². The number of benzene rings is 1. The lowest BCUT2D eigenvalue weighted by Gasteiger charge is -2.19. The van der Waals surface area contributed by atoms with Crippen LogP contribution in [0.3, 0.4) is 0 Å². The van der Waals surface area contributed by atoms with Crippen LogP contribution in [-0.2, 0) is 5.60 Å². The molecule has 1 nitrogen and oxygen atoms in total. The second-order valence-corrected chi connectivity index (χ2v) is 4.82. The molecule has 4 heteroatoms. The van der Waals surface area contributed by atoms with E-state index in [4.69, 9.17) is 11.6 Å². The van der Waals surface area contributed by atoms with Crippen LogP contribution in [0.25, 0.3) is 0 Å². The third-order valence-corrected chi connectivity index (χ3v) is 2.88. The molecule has 0 amide bonds. The summed E-state index contributed by atoms with van der Waals surface area (Å²) >= 11 is 7.16. The van der Waals surface area contributed by atoms with E-state index in [1.807, 2.05) is 6.26 Å². The molecule has 0 atom stereocenters. The minimum atomic E-state index is -1.21. The van der Waals surface area contributed by atoms with Crippen molar-refractivity contribution in [1.82, 2.24) is 0 Å². The number of thioether (sulfide) groups is 1. The Labute approximate surface area is 92.3 Å². The molecule has 1 aromatic rings. The van der Waals surface area contributed by atoms with Gasteiger partial charge in [0.05, 0.1) is 10.6 Å². The zero-order valence-electron chi connectivity index (χ0n) is 8.27. The maximum atomic E-state index is 13.5. The third kappa shape index (κ3) is 2.41. The van der Waals surface area contributed by atoms with Crippen LogP contribution in [0.2, 0.25) is 5.02 Å². The fourth-order valence-electron chi connectivity index (χ4n) is 1.13. The summed E-state index contributed by atoms with van der Waals surface area (Å²) in [5.74, 6) is -0.544. The van der Waals surface area contributed by atoms with E-state index >= 15 is 0 Å². The first-order chi connectivity index (χ1) is 6.36. The molecule has 0 unspecified atom stereocenters. The molecule has 0 fully saturated rings. The van der Waals surface area contributed by atoms with Crippen LogP contribution in [0, 0.1) is 5.82 Å². The van der Waals surface area contributed by atoms with Crippen LogP contribution in [0.1, 0.15) is 19.4 Å². The zero-order valence-corrected chi connectivity index (χ0v) is 9.84. The van der Waals surface area contributed by atoms with Crippen LogP contribution < -0.4 is 0 Å². The Bertz CT molecular complexity index is 347. The molecule has 14 heavy (non-hydrogen) atoms. The van der Waals surface area contributed by atoms with Crippen LogP contribution in [-0.4, -0.2) is 11.4 Å². The van der Waals surface area contributed by atoms with Crippen molar-refractivity contribution >= 4 is 23.4 Å². The molecule has 1 aromatic carbocycles. The van der Waals surface area contributed by atoms with E-state index in [2.05, 4.69) is 0 Å². The summed E-state index contributed by atoms with van der Waals surface area (Å²) in [7, 11) is 0. The predicted octanol–water partition coefficient (Wildman–Crippen LogP) is 3.43. The number of rotatable bonds is 2. The van der Waals surface area contributed by atoms with Gasteiger partial charge in [-0.15, -0.1) is 11.8 Å². The van der Waals surface area contributed by atoms with Gasteiger partial charge in [-0.25, -0.2) is 4.39 Å². The molecular formula is C10H12ClFOS. The van der Waals surface area contributed by atoms with Gasteiger partial charge in [-0.2, -0.15) is 0 Å². The Balaban J connectivity index is 3.35. The molecule has 0 aliphatic rings. The van der Waals surface area contributed by atoms with Crippen molar-refractivity contribution in [3.63, 3.8) is 0 Å². The summed E-state index contributed by atoms with van der Waals surface area (Å²) in [6, 6.07) is 3.17. The Kier molecular flexibility index (Phi) is 3.45. The second-order valence-electron chi connectivity index (χ2n) is 3.53. The van der Waals surface area contributed by atoms with E-state index in [0.29, 0.717) is 0 Å². The van der Waals surface area contributed by atoms with Crippen LogP contribution in [0.4, 0.5) is 4.39 Å². The Morgan fingerprint density at radius 2 is 2.00 bits per heavy atom. The monoisotopic (exact) mass is 234 g/mol. The molecule has 0 radical (unpaired) electrons. The van der Waals surface area contributed by atoms with Crippen LogP contribution in [0.15, 0.2) is 17.0 Å². The van der Waals surface area contributed by atoms with Crippen molar-refractivity contribution in [3.05, 3.63) is 28.5 Å². The number of halogens is 2. The van der Waals surface area contributed by atoms with Gasteiger partial charge in [-0.3, -0.25) is 0 Å². The lowest BCUT2D eigenvalue weighted by Crippen LogP contribution is -2.17. The second kappa shape index (κ2) is 4.09. The first-order valence-electron chi connectivity index (χ1n) is 4.12. The van der Waals surface area contributed by atoms with Crippen molar-refractivity contribution in [1.29, 1.82) is 0 Å². The molecule has 1 N–H and O–H groups in total. The fraction of sp³-hybridized carbons (Fsp3) is 0.400. The molecule has 0 aliphatic heterocycles. The first-order valence-corrected chi connectivity index (χ1v) is 5.72. The Hall–Kier alpha value is -0.250. The zero-order chi connectivity index (χ0) is 10.9. The topological polar surface area (TPSA) is 20.2 Å². The van der Waals surface area contributed by atoms with E-state index in [1.54, 1.807) is 12.1 Å². The van der Waals surface area contributed by atoms with Crippen LogP contribution >= 0.6 is 23.4 Å². The molecule has 0 saturated heterocycles. The van der Waals surface area contributed by atoms with Crippen molar-refractivity contribution < 1.29 is 9.50 Å². The summed E-state index contributed by atoms with van der Waals surface area (Å²) < 4.78 is 13.5. The average Bonchev–Trinajstić information content (AvgIpc) is 2.07. The minimum absolute atomic E-state index is 0.0500. The highest BCUT2D eigenvalue weighted by Gasteiger charge is 2.22. The molecule has 0 aromatic heterocycles. The largest absolute Gasteiger partial charge is 0.386 e. The van der Waals surface area contributed by atoms with E-state index in [-0.39, 0.29) is 10.6 Å². The lowest BCUT2D eigenvalue weighted by molar-refractivity contribution is 0.0743. The standard InChI is InChI=1S/C10H12ClFOS/c1-10(2,13)7-4-6(14-3)5-8(11)9(7)12/h4-5,13H,1-3H3. The van der Waals surface area contributed by atoms with Gasteiger partial charge in [0, 0.05) is 10.5 Å². The lowest BCUT2D eigenvalue weighted by atomic mass is 9.98.